The molecule has 2 heterocycles. The second-order valence-corrected chi connectivity index (χ2v) is 6.81. The number of benzene rings is 2. The van der Waals surface area contributed by atoms with E-state index in [9.17, 15) is 14.4 Å². The number of nitrogens with zero attached hydrogens (tertiary/aromatic N) is 2. The van der Waals surface area contributed by atoms with Gasteiger partial charge in [0, 0.05) is 12.2 Å². The van der Waals surface area contributed by atoms with E-state index >= 15 is 0 Å². The van der Waals surface area contributed by atoms with Crippen molar-refractivity contribution in [3.05, 3.63) is 64.2 Å². The Kier molecular flexibility index (Phi) is 5.05. The van der Waals surface area contributed by atoms with Crippen molar-refractivity contribution in [1.29, 1.82) is 0 Å². The van der Waals surface area contributed by atoms with Crippen molar-refractivity contribution < 1.29 is 19.4 Å². The van der Waals surface area contributed by atoms with E-state index in [0.717, 1.165) is 16.9 Å². The number of nitrogens with one attached hydrogen (secondary N) is 1. The summed E-state index contributed by atoms with van der Waals surface area (Å²) in [5.74, 6) is -1.40. The molecule has 0 spiro atoms. The number of ether oxygens (including phenoxy) is 1. The van der Waals surface area contributed by atoms with Crippen molar-refractivity contribution in [3.63, 3.8) is 0 Å². The van der Waals surface area contributed by atoms with E-state index < -0.39 is 11.9 Å². The van der Waals surface area contributed by atoms with Crippen LogP contribution in [0.2, 0.25) is 0 Å². The summed E-state index contributed by atoms with van der Waals surface area (Å²) < 4.78 is 7.18. The standard InChI is InChI=1S/C22H19N3O5/c1-2-30-16-5-3-4-13(11-16)10-14-8-9-25-19(14)24-18-12-15(23-20(26)22(28)29)6-7-17(18)21(25)27/h3-7,10-12H,2,8-9H2,1H3,(H,23,26)(H,28,29)/b14-10-. The number of anilines is 1. The molecule has 0 atom stereocenters. The van der Waals surface area contributed by atoms with Crippen LogP contribution in [-0.4, -0.2) is 33.1 Å². The fourth-order valence-corrected chi connectivity index (χ4v) is 3.48. The number of amides is 1. The Labute approximate surface area is 171 Å². The maximum atomic E-state index is 12.9. The summed E-state index contributed by atoms with van der Waals surface area (Å²) in [7, 11) is 0. The van der Waals surface area contributed by atoms with Gasteiger partial charge in [-0.3, -0.25) is 14.2 Å². The fraction of sp³-hybridized carbons (Fsp3) is 0.182. The maximum Gasteiger partial charge on any atom is 0.394 e. The number of hydrogen-bond acceptors (Lipinski definition) is 5. The lowest BCUT2D eigenvalue weighted by molar-refractivity contribution is -0.147. The number of rotatable bonds is 4. The number of carboxylic acid groups (broad SMARTS) is 1. The Bertz CT molecular complexity index is 1260. The van der Waals surface area contributed by atoms with Gasteiger partial charge in [-0.05, 0) is 60.9 Å². The molecule has 1 aromatic heterocycles. The van der Waals surface area contributed by atoms with E-state index in [-0.39, 0.29) is 11.2 Å². The van der Waals surface area contributed by atoms with Crippen LogP contribution < -0.4 is 15.6 Å². The molecular formula is C22H19N3O5. The molecule has 0 saturated heterocycles. The van der Waals surface area contributed by atoms with Crippen molar-refractivity contribution in [2.24, 2.45) is 0 Å². The van der Waals surface area contributed by atoms with Crippen LogP contribution >= 0.6 is 0 Å². The van der Waals surface area contributed by atoms with Gasteiger partial charge in [-0.1, -0.05) is 12.1 Å². The minimum atomic E-state index is -1.59. The Morgan fingerprint density at radius 3 is 2.87 bits per heavy atom. The first-order chi connectivity index (χ1) is 14.5. The lowest BCUT2D eigenvalue weighted by Gasteiger charge is -2.08. The molecule has 1 aliphatic rings. The van der Waals surface area contributed by atoms with Gasteiger partial charge in [0.2, 0.25) is 0 Å². The van der Waals surface area contributed by atoms with Crippen LogP contribution in [-0.2, 0) is 16.1 Å². The van der Waals surface area contributed by atoms with Crippen LogP contribution in [0.25, 0.3) is 22.6 Å². The van der Waals surface area contributed by atoms with E-state index in [0.29, 0.717) is 36.3 Å². The molecule has 0 bridgehead atoms. The topological polar surface area (TPSA) is 111 Å². The summed E-state index contributed by atoms with van der Waals surface area (Å²) in [6.07, 6.45) is 2.65. The normalized spacial score (nSPS) is 14.0. The predicted molar refractivity (Wildman–Crippen MR) is 112 cm³/mol. The van der Waals surface area contributed by atoms with Gasteiger partial charge in [-0.2, -0.15) is 0 Å². The molecule has 8 heteroatoms. The van der Waals surface area contributed by atoms with Crippen molar-refractivity contribution in [2.75, 3.05) is 11.9 Å². The van der Waals surface area contributed by atoms with E-state index in [2.05, 4.69) is 10.3 Å². The SMILES string of the molecule is CCOc1cccc(/C=C2/CCn3c2nc2cc(NC(=O)C(=O)O)ccc2c3=O)c1. The number of allylic oxidation sites excluding steroid dienone is 1. The van der Waals surface area contributed by atoms with E-state index in [1.54, 1.807) is 10.6 Å². The number of carbonyl (C=O) groups excluding carboxylic acids is 1. The van der Waals surface area contributed by atoms with Crippen LogP contribution in [0.5, 0.6) is 5.75 Å². The number of hydrogen-bond donors (Lipinski definition) is 2. The Morgan fingerprint density at radius 2 is 2.10 bits per heavy atom. The Balaban J connectivity index is 1.75. The predicted octanol–water partition coefficient (Wildman–Crippen LogP) is 2.76. The molecule has 0 saturated carbocycles. The van der Waals surface area contributed by atoms with Crippen molar-refractivity contribution >= 4 is 40.1 Å². The molecule has 0 unspecified atom stereocenters. The largest absolute Gasteiger partial charge is 0.494 e. The molecular weight excluding hydrogens is 386 g/mol. The van der Waals surface area contributed by atoms with E-state index in [1.807, 2.05) is 37.3 Å². The number of carbonyl (C=O) groups is 2. The molecule has 0 aliphatic carbocycles. The first-order valence-corrected chi connectivity index (χ1v) is 9.49. The zero-order valence-electron chi connectivity index (χ0n) is 16.2. The minimum absolute atomic E-state index is 0.169. The second-order valence-electron chi connectivity index (χ2n) is 6.81. The van der Waals surface area contributed by atoms with Gasteiger partial charge >= 0.3 is 11.9 Å². The fourth-order valence-electron chi connectivity index (χ4n) is 3.48. The molecule has 30 heavy (non-hydrogen) atoms. The summed E-state index contributed by atoms with van der Waals surface area (Å²) in [6.45, 7) is 3.03. The van der Waals surface area contributed by atoms with Crippen LogP contribution in [0.1, 0.15) is 24.7 Å². The minimum Gasteiger partial charge on any atom is -0.494 e. The van der Waals surface area contributed by atoms with Crippen molar-refractivity contribution in [1.82, 2.24) is 9.55 Å². The molecule has 2 N–H and O–H groups in total. The Hall–Kier alpha value is -3.94. The summed E-state index contributed by atoms with van der Waals surface area (Å²) >= 11 is 0. The molecule has 1 aliphatic heterocycles. The van der Waals surface area contributed by atoms with Crippen LogP contribution in [0.4, 0.5) is 5.69 Å². The van der Waals surface area contributed by atoms with Crippen molar-refractivity contribution in [2.45, 2.75) is 19.9 Å². The molecule has 1 amide bonds. The zero-order chi connectivity index (χ0) is 21.3. The molecule has 2 aromatic carbocycles. The quantitative estimate of drug-likeness (QED) is 0.646. The summed E-state index contributed by atoms with van der Waals surface area (Å²) in [5.41, 5.74) is 2.35. The third kappa shape index (κ3) is 3.67. The van der Waals surface area contributed by atoms with E-state index in [4.69, 9.17) is 9.84 Å². The van der Waals surface area contributed by atoms with Gasteiger partial charge in [0.15, 0.2) is 0 Å². The smallest absolute Gasteiger partial charge is 0.394 e. The molecule has 8 nitrogen and oxygen atoms in total. The van der Waals surface area contributed by atoms with Gasteiger partial charge in [-0.15, -0.1) is 0 Å². The zero-order valence-corrected chi connectivity index (χ0v) is 16.2. The summed E-state index contributed by atoms with van der Waals surface area (Å²) in [6, 6.07) is 12.2. The summed E-state index contributed by atoms with van der Waals surface area (Å²) in [4.78, 5) is 39.7. The average molecular weight is 405 g/mol. The van der Waals surface area contributed by atoms with E-state index in [1.165, 1.54) is 12.1 Å². The lowest BCUT2D eigenvalue weighted by Crippen LogP contribution is -2.23. The van der Waals surface area contributed by atoms with Crippen LogP contribution in [0, 0.1) is 0 Å². The average Bonchev–Trinajstić information content (AvgIpc) is 3.11. The lowest BCUT2D eigenvalue weighted by atomic mass is 10.1. The van der Waals surface area contributed by atoms with Gasteiger partial charge in [-0.25, -0.2) is 9.78 Å². The monoisotopic (exact) mass is 405 g/mol. The van der Waals surface area contributed by atoms with Gasteiger partial charge in [0.05, 0.1) is 17.5 Å². The Morgan fingerprint density at radius 1 is 1.27 bits per heavy atom. The number of aromatic nitrogens is 2. The van der Waals surface area contributed by atoms with Crippen LogP contribution in [0.3, 0.4) is 0 Å². The highest BCUT2D eigenvalue weighted by Gasteiger charge is 2.21. The highest BCUT2D eigenvalue weighted by molar-refractivity contribution is 6.36. The number of carboxylic acids is 1. The molecule has 0 fully saturated rings. The maximum absolute atomic E-state index is 12.9. The third-order valence-corrected chi connectivity index (χ3v) is 4.81. The van der Waals surface area contributed by atoms with Crippen LogP contribution in [0.15, 0.2) is 47.3 Å². The molecule has 4 rings (SSSR count). The van der Waals surface area contributed by atoms with Gasteiger partial charge < -0.3 is 15.2 Å². The molecule has 152 valence electrons. The third-order valence-electron chi connectivity index (χ3n) is 4.81. The highest BCUT2D eigenvalue weighted by Crippen LogP contribution is 2.29. The number of aliphatic carboxylic acids is 1. The first kappa shape index (κ1) is 19.4. The second kappa shape index (κ2) is 7.82. The highest BCUT2D eigenvalue weighted by atomic mass is 16.5. The summed E-state index contributed by atoms with van der Waals surface area (Å²) in [5, 5.41) is 11.4. The van der Waals surface area contributed by atoms with Gasteiger partial charge in [0.1, 0.15) is 11.6 Å². The first-order valence-electron chi connectivity index (χ1n) is 9.49. The number of fused-ring (bicyclic) bond motifs is 2. The molecule has 0 radical (unpaired) electrons. The van der Waals surface area contributed by atoms with Gasteiger partial charge in [0.25, 0.3) is 5.56 Å². The molecule has 3 aromatic rings. The van der Waals surface area contributed by atoms with Crippen molar-refractivity contribution in [3.8, 4) is 5.75 Å².